The van der Waals surface area contributed by atoms with Gasteiger partial charge in [0.1, 0.15) is 0 Å². The van der Waals surface area contributed by atoms with E-state index in [0.717, 1.165) is 0 Å². The summed E-state index contributed by atoms with van der Waals surface area (Å²) < 4.78 is 20.7. The molecule has 2 nitrogen and oxygen atoms in total. The largest absolute Gasteiger partial charge is 0.431 e. The predicted molar refractivity (Wildman–Crippen MR) is 14.9 cm³/mol. The first kappa shape index (κ1) is 4.89. The lowest BCUT2D eigenvalue weighted by atomic mass is 13.7. The first-order chi connectivity index (χ1) is 2.27. The third kappa shape index (κ3) is 3.89. The minimum atomic E-state index is -3.53. The fourth-order valence-corrected chi connectivity index (χ4v) is 0. The Kier molecular flexibility index (Phi) is 2.10. The normalized spacial score (nSPS) is 8.60. The first-order valence-corrected chi connectivity index (χ1v) is 1.80. The zero-order valence-corrected chi connectivity index (χ0v) is 2.95. The Morgan fingerprint density at radius 1 is 1.60 bits per heavy atom. The van der Waals surface area contributed by atoms with Gasteiger partial charge in [0, 0.05) is 4.95 Å². The Balaban J connectivity index is 2.83. The monoisotopic (exact) mass is 99.0 g/mol. The van der Waals surface area contributed by atoms with Crippen LogP contribution in [0.25, 0.3) is 0 Å². The minimum absolute atomic E-state index is 1.37. The molecule has 0 aliphatic heterocycles. The standard InChI is InChI=1S/F2NOP/c1-5(2)3-4. The summed E-state index contributed by atoms with van der Waals surface area (Å²) in [6, 6.07) is 0. The third-order valence-corrected chi connectivity index (χ3v) is 0.185. The summed E-state index contributed by atoms with van der Waals surface area (Å²) in [5.41, 5.74) is 0. The van der Waals surface area contributed by atoms with Crippen molar-refractivity contribution in [3.8, 4) is 0 Å². The van der Waals surface area contributed by atoms with E-state index in [1.54, 1.807) is 0 Å². The fourth-order valence-electron chi connectivity index (χ4n) is 0. The zero-order valence-electron chi connectivity index (χ0n) is 2.06. The van der Waals surface area contributed by atoms with Crippen molar-refractivity contribution in [3.05, 3.63) is 4.91 Å². The van der Waals surface area contributed by atoms with E-state index in [9.17, 15) is 8.39 Å². The molecule has 0 unspecified atom stereocenters. The lowest BCUT2D eigenvalue weighted by Crippen LogP contribution is -1.26. The Hall–Kier alpha value is -0.110. The lowest BCUT2D eigenvalue weighted by Gasteiger charge is -1.65. The zero-order chi connectivity index (χ0) is 4.28. The number of nitrogens with zero attached hydrogens (tertiary/aromatic N) is 1. The van der Waals surface area contributed by atoms with E-state index in [2.05, 4.69) is 0 Å². The van der Waals surface area contributed by atoms with Crippen molar-refractivity contribution in [2.75, 3.05) is 0 Å². The van der Waals surface area contributed by atoms with Crippen LogP contribution in [-0.2, 0) is 0 Å². The summed E-state index contributed by atoms with van der Waals surface area (Å²) in [6.07, 6.45) is 0. The average Bonchev–Trinajstić information content (AvgIpc) is 1.38. The van der Waals surface area contributed by atoms with Crippen LogP contribution in [0.4, 0.5) is 8.39 Å². The molecule has 0 radical (unpaired) electrons. The van der Waals surface area contributed by atoms with Crippen LogP contribution in [0.15, 0.2) is 4.95 Å². The Morgan fingerprint density at radius 2 is 1.80 bits per heavy atom. The molecule has 0 atom stereocenters. The Morgan fingerprint density at radius 3 is 1.80 bits per heavy atom. The van der Waals surface area contributed by atoms with Crippen molar-refractivity contribution in [1.29, 1.82) is 0 Å². The maximum absolute atomic E-state index is 10.3. The third-order valence-electron chi connectivity index (χ3n) is 0.0617. The molecule has 5 heavy (non-hydrogen) atoms. The molecule has 0 spiro atoms. The molecule has 0 saturated carbocycles. The van der Waals surface area contributed by atoms with E-state index >= 15 is 0 Å². The molecule has 0 N–H and O–H groups in total. The van der Waals surface area contributed by atoms with E-state index in [-0.39, 0.29) is 0 Å². The highest BCUT2D eigenvalue weighted by atomic mass is 31.2. The van der Waals surface area contributed by atoms with Gasteiger partial charge in [-0.15, -0.1) is 4.91 Å². The summed E-state index contributed by atoms with van der Waals surface area (Å²) in [6.45, 7) is 0. The van der Waals surface area contributed by atoms with Gasteiger partial charge in [0.15, 0.2) is 0 Å². The van der Waals surface area contributed by atoms with Crippen molar-refractivity contribution in [1.82, 2.24) is 0 Å². The quantitative estimate of drug-likeness (QED) is 0.364. The number of hydrogen-bond donors (Lipinski definition) is 0. The van der Waals surface area contributed by atoms with E-state index in [1.807, 2.05) is 0 Å². The van der Waals surface area contributed by atoms with Crippen LogP contribution >= 0.6 is 8.69 Å². The van der Waals surface area contributed by atoms with Crippen molar-refractivity contribution < 1.29 is 8.39 Å². The number of halogens is 2. The molecular weight excluding hydrogens is 99.0 g/mol. The van der Waals surface area contributed by atoms with Crippen LogP contribution in [0.2, 0.25) is 0 Å². The van der Waals surface area contributed by atoms with E-state index in [1.165, 1.54) is 4.95 Å². The van der Waals surface area contributed by atoms with Gasteiger partial charge in [0.05, 0.1) is 0 Å². The van der Waals surface area contributed by atoms with E-state index < -0.39 is 8.69 Å². The van der Waals surface area contributed by atoms with Crippen LogP contribution in [0.3, 0.4) is 0 Å². The highest BCUT2D eigenvalue weighted by molar-refractivity contribution is 7.44. The molecule has 0 saturated heterocycles. The van der Waals surface area contributed by atoms with Gasteiger partial charge in [0.2, 0.25) is 0 Å². The lowest BCUT2D eigenvalue weighted by molar-refractivity contribution is 0.746. The molecule has 0 aliphatic carbocycles. The average molecular weight is 99.0 g/mol. The molecule has 0 aromatic carbocycles. The second-order valence-corrected chi connectivity index (χ2v) is 0.890. The summed E-state index contributed by atoms with van der Waals surface area (Å²) in [5, 5.41) is 0. The highest BCUT2D eigenvalue weighted by Crippen LogP contribution is 2.38. The second kappa shape index (κ2) is 2.15. The van der Waals surface area contributed by atoms with Gasteiger partial charge < -0.3 is 0 Å². The molecule has 30 valence electrons. The van der Waals surface area contributed by atoms with Crippen molar-refractivity contribution in [2.45, 2.75) is 0 Å². The molecule has 5 heteroatoms. The number of rotatable bonds is 1. The smallest absolute Gasteiger partial charge is 0.158 e. The van der Waals surface area contributed by atoms with Crippen LogP contribution in [0.5, 0.6) is 0 Å². The van der Waals surface area contributed by atoms with Crippen LogP contribution in [0, 0.1) is 4.91 Å². The maximum atomic E-state index is 10.3. The molecule has 0 bridgehead atoms. The molecule has 0 amide bonds. The summed E-state index contributed by atoms with van der Waals surface area (Å²) in [4.78, 5) is 9.90. The van der Waals surface area contributed by atoms with Crippen molar-refractivity contribution in [2.24, 2.45) is 4.95 Å². The van der Waals surface area contributed by atoms with Gasteiger partial charge in [-0.05, 0) is 0 Å². The highest BCUT2D eigenvalue weighted by Gasteiger charge is 1.96. The van der Waals surface area contributed by atoms with E-state index in [4.69, 9.17) is 4.91 Å². The topological polar surface area (TPSA) is 29.4 Å². The molecule has 0 aliphatic rings. The summed E-state index contributed by atoms with van der Waals surface area (Å²) in [5.74, 6) is 0. The molecule has 0 rings (SSSR count). The predicted octanol–water partition coefficient (Wildman–Crippen LogP) is 1.92. The Bertz CT molecular complexity index is 36.6. The van der Waals surface area contributed by atoms with Crippen LogP contribution in [0.1, 0.15) is 0 Å². The van der Waals surface area contributed by atoms with Gasteiger partial charge in [-0.1, -0.05) is 0 Å². The SMILES string of the molecule is O=NP(F)F. The molecule has 0 aromatic heterocycles. The van der Waals surface area contributed by atoms with Crippen molar-refractivity contribution in [3.63, 3.8) is 0 Å². The first-order valence-electron chi connectivity index (χ1n) is 0.721. The minimum Gasteiger partial charge on any atom is -0.158 e. The van der Waals surface area contributed by atoms with Gasteiger partial charge >= 0.3 is 8.69 Å². The molecule has 0 heterocycles. The number of nitroso groups, excluding NO2 is 1. The molecule has 0 aromatic rings. The van der Waals surface area contributed by atoms with Gasteiger partial charge in [-0.25, -0.2) is 0 Å². The summed E-state index contributed by atoms with van der Waals surface area (Å²) >= 11 is 0. The van der Waals surface area contributed by atoms with Gasteiger partial charge in [0.25, 0.3) is 0 Å². The van der Waals surface area contributed by atoms with E-state index in [0.29, 0.717) is 0 Å². The summed E-state index contributed by atoms with van der Waals surface area (Å²) in [7, 11) is -3.53. The van der Waals surface area contributed by atoms with Gasteiger partial charge in [-0.2, -0.15) is 8.39 Å². The van der Waals surface area contributed by atoms with Gasteiger partial charge in [-0.3, -0.25) is 0 Å². The number of hydrogen-bond acceptors (Lipinski definition) is 2. The van der Waals surface area contributed by atoms with Crippen LogP contribution < -0.4 is 0 Å². The molecular formula is F2NOP. The second-order valence-electron chi connectivity index (χ2n) is 0.297. The Labute approximate surface area is 28.2 Å². The maximum Gasteiger partial charge on any atom is 0.431 e. The fraction of sp³-hybridized carbons (Fsp3) is 0. The van der Waals surface area contributed by atoms with Crippen LogP contribution in [-0.4, -0.2) is 0 Å². The van der Waals surface area contributed by atoms with Crippen molar-refractivity contribution >= 4 is 8.69 Å². The molecule has 0 fully saturated rings.